The Hall–Kier alpha value is -1.95. The number of anilines is 1. The van der Waals surface area contributed by atoms with E-state index in [4.69, 9.17) is 11.6 Å². The molecule has 2 heterocycles. The Labute approximate surface area is 120 Å². The Kier molecular flexibility index (Phi) is 2.97. The number of amides is 2. The Balaban J connectivity index is 2.10. The normalized spacial score (nSPS) is 20.6. The highest BCUT2D eigenvalue weighted by Crippen LogP contribution is 2.44. The van der Waals surface area contributed by atoms with Gasteiger partial charge in [-0.2, -0.15) is 0 Å². The highest BCUT2D eigenvalue weighted by Gasteiger charge is 2.39. The predicted octanol–water partition coefficient (Wildman–Crippen LogP) is 2.46. The number of carbonyl (C=O) groups is 2. The lowest BCUT2D eigenvalue weighted by Crippen LogP contribution is -2.36. The zero-order chi connectivity index (χ0) is 14.4. The van der Waals surface area contributed by atoms with Crippen molar-refractivity contribution in [3.63, 3.8) is 0 Å². The molecule has 20 heavy (non-hydrogen) atoms. The summed E-state index contributed by atoms with van der Waals surface area (Å²) in [5, 5.41) is 18.9. The van der Waals surface area contributed by atoms with Crippen molar-refractivity contribution in [2.45, 2.75) is 12.3 Å². The van der Waals surface area contributed by atoms with E-state index in [1.54, 1.807) is 6.07 Å². The molecular weight excluding hydrogens is 284 g/mol. The van der Waals surface area contributed by atoms with Crippen molar-refractivity contribution in [3.05, 3.63) is 28.3 Å². The quantitative estimate of drug-likeness (QED) is 0.770. The van der Waals surface area contributed by atoms with Crippen molar-refractivity contribution in [3.8, 4) is 0 Å². The first-order valence-electron chi connectivity index (χ1n) is 6.28. The summed E-state index contributed by atoms with van der Waals surface area (Å²) in [7, 11) is 0. The van der Waals surface area contributed by atoms with Crippen molar-refractivity contribution >= 4 is 29.5 Å². The SMILES string of the molecule is O=C(O)N1CCc2ccc(Cl)c3c2[C@@H](C1)CN3C(=O)O. The highest BCUT2D eigenvalue weighted by molar-refractivity contribution is 6.34. The number of nitrogens with zero attached hydrogens (tertiary/aromatic N) is 2. The zero-order valence-corrected chi connectivity index (χ0v) is 11.3. The number of hydrogen-bond acceptors (Lipinski definition) is 2. The molecule has 0 aromatic heterocycles. The van der Waals surface area contributed by atoms with Gasteiger partial charge in [-0.25, -0.2) is 9.59 Å². The minimum atomic E-state index is -1.06. The van der Waals surface area contributed by atoms with Gasteiger partial charge in [-0.15, -0.1) is 0 Å². The maximum absolute atomic E-state index is 11.3. The summed E-state index contributed by atoms with van der Waals surface area (Å²) in [4.78, 5) is 25.1. The summed E-state index contributed by atoms with van der Waals surface area (Å²) in [6.45, 7) is 0.984. The van der Waals surface area contributed by atoms with E-state index < -0.39 is 12.2 Å². The molecule has 0 bridgehead atoms. The number of carboxylic acid groups (broad SMARTS) is 2. The molecule has 106 valence electrons. The van der Waals surface area contributed by atoms with Gasteiger partial charge < -0.3 is 15.1 Å². The Bertz CT molecular complexity index is 604. The molecule has 0 spiro atoms. The van der Waals surface area contributed by atoms with Crippen LogP contribution in [0.2, 0.25) is 5.02 Å². The Morgan fingerprint density at radius 3 is 2.60 bits per heavy atom. The molecule has 1 aromatic carbocycles. The van der Waals surface area contributed by atoms with E-state index in [1.807, 2.05) is 6.07 Å². The van der Waals surface area contributed by atoms with Crippen LogP contribution in [0.5, 0.6) is 0 Å². The minimum absolute atomic E-state index is 0.145. The van der Waals surface area contributed by atoms with Crippen LogP contribution in [-0.4, -0.2) is 46.9 Å². The predicted molar refractivity (Wildman–Crippen MR) is 72.9 cm³/mol. The maximum Gasteiger partial charge on any atom is 0.411 e. The van der Waals surface area contributed by atoms with E-state index in [9.17, 15) is 19.8 Å². The van der Waals surface area contributed by atoms with E-state index in [1.165, 1.54) is 9.80 Å². The van der Waals surface area contributed by atoms with Crippen LogP contribution in [0.15, 0.2) is 12.1 Å². The summed E-state index contributed by atoms with van der Waals surface area (Å²) < 4.78 is 0. The van der Waals surface area contributed by atoms with Crippen LogP contribution in [0.4, 0.5) is 15.3 Å². The van der Waals surface area contributed by atoms with Crippen molar-refractivity contribution < 1.29 is 19.8 Å². The molecule has 2 aliphatic heterocycles. The van der Waals surface area contributed by atoms with E-state index in [2.05, 4.69) is 0 Å². The first-order chi connectivity index (χ1) is 9.49. The van der Waals surface area contributed by atoms with Crippen LogP contribution in [0.3, 0.4) is 0 Å². The topological polar surface area (TPSA) is 81.1 Å². The third-order valence-electron chi connectivity index (χ3n) is 3.93. The fourth-order valence-corrected chi connectivity index (χ4v) is 3.35. The Morgan fingerprint density at radius 1 is 1.20 bits per heavy atom. The van der Waals surface area contributed by atoms with Crippen LogP contribution in [0, 0.1) is 0 Å². The van der Waals surface area contributed by atoms with Gasteiger partial charge in [0.25, 0.3) is 0 Å². The molecule has 2 aliphatic rings. The molecule has 1 atom stereocenters. The van der Waals surface area contributed by atoms with Gasteiger partial charge in [0.2, 0.25) is 0 Å². The van der Waals surface area contributed by atoms with Gasteiger partial charge in [-0.05, 0) is 23.6 Å². The fraction of sp³-hybridized carbons (Fsp3) is 0.385. The lowest BCUT2D eigenvalue weighted by atomic mass is 9.95. The minimum Gasteiger partial charge on any atom is -0.465 e. The third-order valence-corrected chi connectivity index (χ3v) is 4.24. The van der Waals surface area contributed by atoms with Crippen molar-refractivity contribution in [2.75, 3.05) is 24.5 Å². The molecule has 2 amide bonds. The van der Waals surface area contributed by atoms with Crippen LogP contribution in [0.25, 0.3) is 0 Å². The molecule has 1 aromatic rings. The number of benzene rings is 1. The fourth-order valence-electron chi connectivity index (χ4n) is 3.08. The second-order valence-electron chi connectivity index (χ2n) is 5.04. The lowest BCUT2D eigenvalue weighted by Gasteiger charge is -2.20. The molecular formula is C13H13ClN2O4. The molecule has 6 nitrogen and oxygen atoms in total. The van der Waals surface area contributed by atoms with Gasteiger partial charge in [0.15, 0.2) is 0 Å². The average Bonchev–Trinajstić information content (AvgIpc) is 2.67. The third kappa shape index (κ3) is 1.87. The largest absolute Gasteiger partial charge is 0.465 e. The molecule has 3 rings (SSSR count). The van der Waals surface area contributed by atoms with E-state index >= 15 is 0 Å². The van der Waals surface area contributed by atoms with Crippen LogP contribution < -0.4 is 4.90 Å². The molecule has 0 unspecified atom stereocenters. The van der Waals surface area contributed by atoms with Crippen molar-refractivity contribution in [1.29, 1.82) is 0 Å². The van der Waals surface area contributed by atoms with Crippen molar-refractivity contribution in [2.24, 2.45) is 0 Å². The highest BCUT2D eigenvalue weighted by atomic mass is 35.5. The summed E-state index contributed by atoms with van der Waals surface area (Å²) in [5.74, 6) is -0.145. The Morgan fingerprint density at radius 2 is 1.95 bits per heavy atom. The summed E-state index contributed by atoms with van der Waals surface area (Å²) >= 11 is 6.14. The number of rotatable bonds is 0. The molecule has 0 radical (unpaired) electrons. The van der Waals surface area contributed by atoms with Crippen LogP contribution in [0.1, 0.15) is 17.0 Å². The smallest absolute Gasteiger partial charge is 0.411 e. The van der Waals surface area contributed by atoms with Gasteiger partial charge in [-0.3, -0.25) is 4.90 Å². The standard InChI is InChI=1S/C13H13ClN2O4/c14-9-2-1-7-3-4-15(12(17)18)5-8-6-16(13(19)20)11(9)10(7)8/h1-2,8H,3-6H2,(H,17,18)(H,19,20)/t8-/m0/s1. The summed E-state index contributed by atoms with van der Waals surface area (Å²) in [5.41, 5.74) is 2.40. The second-order valence-corrected chi connectivity index (χ2v) is 5.44. The van der Waals surface area contributed by atoms with Gasteiger partial charge in [0.05, 0.1) is 10.7 Å². The molecule has 0 fully saturated rings. The molecule has 0 saturated heterocycles. The van der Waals surface area contributed by atoms with Gasteiger partial charge in [-0.1, -0.05) is 17.7 Å². The number of hydrogen-bond donors (Lipinski definition) is 2. The summed E-state index contributed by atoms with van der Waals surface area (Å²) in [6.07, 6.45) is -1.45. The maximum atomic E-state index is 11.3. The zero-order valence-electron chi connectivity index (χ0n) is 10.5. The van der Waals surface area contributed by atoms with Crippen LogP contribution >= 0.6 is 11.6 Å². The van der Waals surface area contributed by atoms with Gasteiger partial charge in [0, 0.05) is 25.6 Å². The molecule has 0 aliphatic carbocycles. The average molecular weight is 297 g/mol. The van der Waals surface area contributed by atoms with Crippen molar-refractivity contribution in [1.82, 2.24) is 4.90 Å². The molecule has 7 heteroatoms. The first kappa shape index (κ1) is 13.1. The van der Waals surface area contributed by atoms with E-state index in [0.717, 1.165) is 11.1 Å². The van der Waals surface area contributed by atoms with Gasteiger partial charge >= 0.3 is 12.2 Å². The number of halogens is 1. The van der Waals surface area contributed by atoms with Gasteiger partial charge in [0.1, 0.15) is 0 Å². The second kappa shape index (κ2) is 4.56. The lowest BCUT2D eigenvalue weighted by molar-refractivity contribution is 0.144. The van der Waals surface area contributed by atoms with Crippen LogP contribution in [-0.2, 0) is 6.42 Å². The monoisotopic (exact) mass is 296 g/mol. The van der Waals surface area contributed by atoms with E-state index in [-0.39, 0.29) is 12.5 Å². The molecule has 0 saturated carbocycles. The first-order valence-corrected chi connectivity index (χ1v) is 6.66. The molecule has 2 N–H and O–H groups in total. The summed E-state index contributed by atoms with van der Waals surface area (Å²) in [6, 6.07) is 3.55. The van der Waals surface area contributed by atoms with E-state index in [0.29, 0.717) is 30.2 Å².